The summed E-state index contributed by atoms with van der Waals surface area (Å²) in [5, 5.41) is 11.7. The lowest BCUT2D eigenvalue weighted by Crippen LogP contribution is -2.24. The predicted molar refractivity (Wildman–Crippen MR) is 142 cm³/mol. The van der Waals surface area contributed by atoms with Gasteiger partial charge in [-0.05, 0) is 50.5 Å². The third kappa shape index (κ3) is 4.41. The third-order valence-corrected chi connectivity index (χ3v) is 7.74. The van der Waals surface area contributed by atoms with Gasteiger partial charge in [-0.15, -0.1) is 0 Å². The largest absolute Gasteiger partial charge is 0.493 e. The molecule has 0 radical (unpaired) electrons. The molecular formula is C29H31N3O6. The highest BCUT2D eigenvalue weighted by atomic mass is 16.5. The van der Waals surface area contributed by atoms with Crippen LogP contribution < -0.4 is 19.9 Å². The van der Waals surface area contributed by atoms with E-state index >= 15 is 0 Å². The number of rotatable bonds is 9. The Bertz CT molecular complexity index is 1530. The first kappa shape index (κ1) is 24.5. The molecule has 2 aromatic carbocycles. The first-order valence-electron chi connectivity index (χ1n) is 12.9. The van der Waals surface area contributed by atoms with Gasteiger partial charge in [0.05, 0.1) is 30.9 Å². The molecule has 1 amide bonds. The molecule has 9 nitrogen and oxygen atoms in total. The Morgan fingerprint density at radius 2 is 2.03 bits per heavy atom. The van der Waals surface area contributed by atoms with Crippen LogP contribution in [0.1, 0.15) is 35.4 Å². The number of nitrogens with two attached hydrogens (primary N) is 1. The number of methoxy groups -OCH3 is 1. The van der Waals surface area contributed by atoms with Crippen molar-refractivity contribution in [3.8, 4) is 23.0 Å². The van der Waals surface area contributed by atoms with Crippen LogP contribution in [-0.4, -0.2) is 60.4 Å². The molecule has 1 saturated carbocycles. The van der Waals surface area contributed by atoms with E-state index in [-0.39, 0.29) is 11.5 Å². The Balaban J connectivity index is 1.17. The van der Waals surface area contributed by atoms with Crippen molar-refractivity contribution in [3.63, 3.8) is 0 Å². The Labute approximate surface area is 220 Å². The number of nitrogens with zero attached hydrogens (tertiary/aromatic N) is 2. The molecule has 2 aliphatic rings. The van der Waals surface area contributed by atoms with E-state index in [1.165, 1.54) is 0 Å². The van der Waals surface area contributed by atoms with Crippen molar-refractivity contribution in [1.29, 1.82) is 0 Å². The minimum Gasteiger partial charge on any atom is -0.493 e. The lowest BCUT2D eigenvalue weighted by molar-refractivity contribution is 0.1000. The van der Waals surface area contributed by atoms with Crippen molar-refractivity contribution in [2.24, 2.45) is 11.1 Å². The zero-order valence-corrected chi connectivity index (χ0v) is 21.5. The first-order chi connectivity index (χ1) is 18.4. The fourth-order valence-electron chi connectivity index (χ4n) is 5.53. The van der Waals surface area contributed by atoms with Gasteiger partial charge in [0.25, 0.3) is 5.91 Å². The number of fused-ring (bicyclic) bond motifs is 2. The summed E-state index contributed by atoms with van der Waals surface area (Å²) < 4.78 is 23.6. The molecule has 1 atom stereocenters. The number of aryl methyl sites for hydroxylation is 1. The number of ether oxygens (including phenoxy) is 3. The number of aromatic nitrogens is 1. The zero-order chi connectivity index (χ0) is 26.4. The second-order valence-corrected chi connectivity index (χ2v) is 10.3. The molecule has 1 spiro atoms. The summed E-state index contributed by atoms with van der Waals surface area (Å²) in [6.45, 7) is 4.88. The van der Waals surface area contributed by atoms with Gasteiger partial charge in [0.15, 0.2) is 11.5 Å². The topological polar surface area (TPSA) is 120 Å². The molecule has 1 aliphatic heterocycles. The summed E-state index contributed by atoms with van der Waals surface area (Å²) in [6.07, 6.45) is 4.63. The minimum absolute atomic E-state index is 0.170. The second kappa shape index (κ2) is 9.49. The normalized spacial score (nSPS) is 18.3. The van der Waals surface area contributed by atoms with E-state index in [1.54, 1.807) is 44.5 Å². The number of amides is 1. The number of β-amino-alcohol motifs (C(OH)–C–C–N with tert-alkyl or cyclic N) is 1. The highest BCUT2D eigenvalue weighted by molar-refractivity contribution is 6.06. The number of hydrogen-bond acceptors (Lipinski definition) is 8. The van der Waals surface area contributed by atoms with E-state index in [4.69, 9.17) is 24.4 Å². The van der Waals surface area contributed by atoms with E-state index in [0.29, 0.717) is 57.4 Å². The van der Waals surface area contributed by atoms with Gasteiger partial charge in [-0.3, -0.25) is 14.7 Å². The van der Waals surface area contributed by atoms with Crippen molar-refractivity contribution in [1.82, 2.24) is 9.88 Å². The van der Waals surface area contributed by atoms with Crippen LogP contribution in [0.3, 0.4) is 0 Å². The van der Waals surface area contributed by atoms with Gasteiger partial charge in [-0.25, -0.2) is 0 Å². The van der Waals surface area contributed by atoms with Gasteiger partial charge in [0.2, 0.25) is 0 Å². The summed E-state index contributed by atoms with van der Waals surface area (Å²) in [7, 11) is 1.61. The molecule has 1 aliphatic carbocycles. The smallest absolute Gasteiger partial charge is 0.252 e. The van der Waals surface area contributed by atoms with Crippen molar-refractivity contribution in [3.05, 3.63) is 53.9 Å². The zero-order valence-electron chi connectivity index (χ0n) is 21.5. The van der Waals surface area contributed by atoms with Gasteiger partial charge in [-0.1, -0.05) is 0 Å². The molecule has 0 bridgehead atoms. The SMILES string of the molecule is COc1cc2c(Oc3ccc4c(C(N)=O)c(C)oc4c3)ccnc2cc1OCCCN1CC(O)C2(CC2)C1. The number of primary amides is 1. The number of hydrogen-bond donors (Lipinski definition) is 2. The minimum atomic E-state index is -0.526. The number of benzene rings is 2. The number of furan rings is 1. The molecule has 1 saturated heterocycles. The number of likely N-dealkylation sites (tertiary alicyclic amines) is 1. The van der Waals surface area contributed by atoms with Crippen molar-refractivity contribution >= 4 is 27.8 Å². The first-order valence-corrected chi connectivity index (χ1v) is 12.9. The van der Waals surface area contributed by atoms with Crippen LogP contribution in [0.4, 0.5) is 0 Å². The summed E-state index contributed by atoms with van der Waals surface area (Å²) in [5.41, 5.74) is 7.28. The van der Waals surface area contributed by atoms with Crippen molar-refractivity contribution in [2.75, 3.05) is 33.4 Å². The summed E-state index contributed by atoms with van der Waals surface area (Å²) in [6, 6.07) is 10.8. The molecule has 4 aromatic rings. The maximum absolute atomic E-state index is 11.8. The number of pyridine rings is 1. The number of aliphatic hydroxyl groups excluding tert-OH is 1. The van der Waals surface area contributed by atoms with E-state index in [0.717, 1.165) is 44.3 Å². The van der Waals surface area contributed by atoms with Crippen LogP contribution in [0, 0.1) is 12.3 Å². The maximum atomic E-state index is 11.8. The van der Waals surface area contributed by atoms with Crippen LogP contribution in [0.15, 0.2) is 47.0 Å². The second-order valence-electron chi connectivity index (χ2n) is 10.3. The summed E-state index contributed by atoms with van der Waals surface area (Å²) in [4.78, 5) is 18.6. The van der Waals surface area contributed by atoms with E-state index in [9.17, 15) is 9.90 Å². The maximum Gasteiger partial charge on any atom is 0.252 e. The summed E-state index contributed by atoms with van der Waals surface area (Å²) >= 11 is 0. The quantitative estimate of drug-likeness (QED) is 0.313. The number of carbonyl (C=O) groups is 1. The molecule has 3 N–H and O–H groups in total. The van der Waals surface area contributed by atoms with Crippen LogP contribution in [-0.2, 0) is 0 Å². The lowest BCUT2D eigenvalue weighted by Gasteiger charge is -2.17. The van der Waals surface area contributed by atoms with Gasteiger partial charge < -0.3 is 29.5 Å². The molecule has 2 aromatic heterocycles. The number of aliphatic hydroxyl groups is 1. The fourth-order valence-corrected chi connectivity index (χ4v) is 5.53. The van der Waals surface area contributed by atoms with Crippen molar-refractivity contribution in [2.45, 2.75) is 32.3 Å². The standard InChI is InChI=1S/C29H31N3O6/c1-17-27(28(30)34)19-5-4-18(12-23(19)37-17)38-22-6-9-31-21-14-25(24(35-2)13-20(21)22)36-11-3-10-32-15-26(33)29(16-32)7-8-29/h4-6,9,12-14,26,33H,3,7-8,10-11,15-16H2,1-2H3,(H2,30,34). The third-order valence-electron chi connectivity index (χ3n) is 7.74. The molecule has 6 rings (SSSR count). The molecule has 198 valence electrons. The lowest BCUT2D eigenvalue weighted by atomic mass is 10.0. The van der Waals surface area contributed by atoms with Gasteiger partial charge in [0, 0.05) is 54.2 Å². The van der Waals surface area contributed by atoms with Crippen LogP contribution in [0.25, 0.3) is 21.9 Å². The van der Waals surface area contributed by atoms with E-state index < -0.39 is 5.91 Å². The predicted octanol–water partition coefficient (Wildman–Crippen LogP) is 4.41. The number of carbonyl (C=O) groups excluding carboxylic acids is 1. The highest BCUT2D eigenvalue weighted by Crippen LogP contribution is 2.52. The van der Waals surface area contributed by atoms with Gasteiger partial charge in [0.1, 0.15) is 22.8 Å². The molecule has 1 unspecified atom stereocenters. The van der Waals surface area contributed by atoms with Crippen molar-refractivity contribution < 1.29 is 28.5 Å². The van der Waals surface area contributed by atoms with E-state index in [1.807, 2.05) is 12.1 Å². The summed E-state index contributed by atoms with van der Waals surface area (Å²) in [5.74, 6) is 2.30. The van der Waals surface area contributed by atoms with Crippen LogP contribution >= 0.6 is 0 Å². The average molecular weight is 518 g/mol. The Hall–Kier alpha value is -3.82. The van der Waals surface area contributed by atoms with Crippen LogP contribution in [0.5, 0.6) is 23.0 Å². The fraction of sp³-hybridized carbons (Fsp3) is 0.379. The van der Waals surface area contributed by atoms with Gasteiger partial charge >= 0.3 is 0 Å². The highest BCUT2D eigenvalue weighted by Gasteiger charge is 2.54. The molecule has 38 heavy (non-hydrogen) atoms. The Kier molecular flexibility index (Phi) is 6.12. The molecule has 9 heteroatoms. The molecule has 3 heterocycles. The Morgan fingerprint density at radius 3 is 2.76 bits per heavy atom. The Morgan fingerprint density at radius 1 is 1.18 bits per heavy atom. The average Bonchev–Trinajstić information content (AvgIpc) is 3.50. The monoisotopic (exact) mass is 517 g/mol. The molecule has 2 fully saturated rings. The van der Waals surface area contributed by atoms with Gasteiger partial charge in [-0.2, -0.15) is 0 Å². The molecular weight excluding hydrogens is 486 g/mol. The van der Waals surface area contributed by atoms with E-state index in [2.05, 4.69) is 9.88 Å². The van der Waals surface area contributed by atoms with Crippen LogP contribution in [0.2, 0.25) is 0 Å².